The Hall–Kier alpha value is -1.40. The van der Waals surface area contributed by atoms with Gasteiger partial charge in [0.1, 0.15) is 5.01 Å². The average Bonchev–Trinajstić information content (AvgIpc) is 3.16. The van der Waals surface area contributed by atoms with Gasteiger partial charge < -0.3 is 4.90 Å². The molecule has 2 heterocycles. The van der Waals surface area contributed by atoms with E-state index in [4.69, 9.17) is 0 Å². The van der Waals surface area contributed by atoms with Crippen LogP contribution in [-0.2, 0) is 0 Å². The summed E-state index contributed by atoms with van der Waals surface area (Å²) in [6.45, 7) is 4.17. The van der Waals surface area contributed by atoms with Crippen LogP contribution in [0.1, 0.15) is 28.2 Å². The Morgan fingerprint density at radius 1 is 1.24 bits per heavy atom. The topological polar surface area (TPSA) is 46.1 Å². The van der Waals surface area contributed by atoms with E-state index >= 15 is 0 Å². The number of ketones is 1. The van der Waals surface area contributed by atoms with Gasteiger partial charge in [0.2, 0.25) is 0 Å². The highest BCUT2D eigenvalue weighted by Crippen LogP contribution is 2.24. The quantitative estimate of drug-likeness (QED) is 0.624. The molecule has 0 saturated carbocycles. The van der Waals surface area contributed by atoms with Gasteiger partial charge in [-0.25, -0.2) is 0 Å². The average molecular weight is 319 g/mol. The Morgan fingerprint density at radius 3 is 2.57 bits per heavy atom. The lowest BCUT2D eigenvalue weighted by Crippen LogP contribution is -2.17. The van der Waals surface area contributed by atoms with Crippen LogP contribution in [0.3, 0.4) is 0 Å². The number of aromatic nitrogens is 2. The second kappa shape index (κ2) is 6.58. The van der Waals surface area contributed by atoms with Crippen LogP contribution in [0.2, 0.25) is 0 Å². The molecule has 21 heavy (non-hydrogen) atoms. The minimum absolute atomic E-state index is 0.140. The fourth-order valence-electron chi connectivity index (χ4n) is 2.38. The maximum Gasteiger partial charge on any atom is 0.174 e. The van der Waals surface area contributed by atoms with Crippen molar-refractivity contribution in [3.05, 3.63) is 34.8 Å². The lowest BCUT2D eigenvalue weighted by molar-refractivity contribution is 0.102. The summed E-state index contributed by atoms with van der Waals surface area (Å²) in [7, 11) is 0. The molecule has 0 unspecified atom stereocenters. The highest BCUT2D eigenvalue weighted by atomic mass is 32.2. The Morgan fingerprint density at radius 2 is 1.95 bits per heavy atom. The third-order valence-corrected chi connectivity index (χ3v) is 5.47. The number of benzene rings is 1. The van der Waals surface area contributed by atoms with Gasteiger partial charge in [-0.15, -0.1) is 10.2 Å². The molecule has 0 amide bonds. The Kier molecular flexibility index (Phi) is 4.55. The summed E-state index contributed by atoms with van der Waals surface area (Å²) in [5.74, 6) is 0.554. The third kappa shape index (κ3) is 3.63. The number of nitrogens with zero attached hydrogens (tertiary/aromatic N) is 3. The number of carbonyl (C=O) groups is 1. The van der Waals surface area contributed by atoms with Gasteiger partial charge in [0.25, 0.3) is 0 Å². The van der Waals surface area contributed by atoms with Crippen LogP contribution >= 0.6 is 23.1 Å². The van der Waals surface area contributed by atoms with Crippen LogP contribution in [0.5, 0.6) is 0 Å². The Balaban J connectivity index is 1.59. The zero-order chi connectivity index (χ0) is 14.7. The molecule has 1 aromatic heterocycles. The smallest absolute Gasteiger partial charge is 0.174 e. The van der Waals surface area contributed by atoms with Crippen molar-refractivity contribution < 1.29 is 4.79 Å². The normalized spacial score (nSPS) is 14.6. The molecule has 0 radical (unpaired) electrons. The maximum atomic E-state index is 12.2. The maximum absolute atomic E-state index is 12.2. The van der Waals surface area contributed by atoms with Crippen LogP contribution in [0.15, 0.2) is 28.6 Å². The van der Waals surface area contributed by atoms with Gasteiger partial charge in [-0.1, -0.05) is 23.1 Å². The summed E-state index contributed by atoms with van der Waals surface area (Å²) in [5.41, 5.74) is 1.99. The van der Waals surface area contributed by atoms with Gasteiger partial charge >= 0.3 is 0 Å². The second-order valence-electron chi connectivity index (χ2n) is 5.04. The Bertz CT molecular complexity index is 618. The third-order valence-electron chi connectivity index (χ3n) is 3.49. The van der Waals surface area contributed by atoms with Crippen LogP contribution < -0.4 is 4.90 Å². The predicted octanol–water partition coefficient (Wildman–Crippen LogP) is 3.42. The fourth-order valence-corrected chi connectivity index (χ4v) is 4.09. The van der Waals surface area contributed by atoms with Gasteiger partial charge in [0, 0.05) is 24.3 Å². The largest absolute Gasteiger partial charge is 0.372 e. The number of anilines is 1. The lowest BCUT2D eigenvalue weighted by atomic mass is 10.1. The van der Waals surface area contributed by atoms with E-state index in [-0.39, 0.29) is 5.78 Å². The first-order valence-electron chi connectivity index (χ1n) is 7.03. The van der Waals surface area contributed by atoms with Gasteiger partial charge in [-0.2, -0.15) is 0 Å². The first-order valence-corrected chi connectivity index (χ1v) is 8.84. The van der Waals surface area contributed by atoms with Crippen molar-refractivity contribution >= 4 is 34.6 Å². The van der Waals surface area contributed by atoms with Gasteiger partial charge in [-0.05, 0) is 44.0 Å². The van der Waals surface area contributed by atoms with Crippen molar-refractivity contribution in [1.82, 2.24) is 10.2 Å². The van der Waals surface area contributed by atoms with Gasteiger partial charge in [0.15, 0.2) is 10.1 Å². The van der Waals surface area contributed by atoms with E-state index < -0.39 is 0 Å². The first-order chi connectivity index (χ1) is 10.2. The van der Waals surface area contributed by atoms with Crippen LogP contribution in [0, 0.1) is 6.92 Å². The highest BCUT2D eigenvalue weighted by Gasteiger charge is 2.13. The second-order valence-corrected chi connectivity index (χ2v) is 7.44. The molecule has 0 aliphatic carbocycles. The van der Waals surface area contributed by atoms with E-state index in [0.717, 1.165) is 28.0 Å². The van der Waals surface area contributed by atoms with E-state index in [0.29, 0.717) is 5.75 Å². The van der Waals surface area contributed by atoms with Crippen molar-refractivity contribution in [2.24, 2.45) is 0 Å². The molecule has 0 spiro atoms. The van der Waals surface area contributed by atoms with E-state index in [2.05, 4.69) is 27.2 Å². The summed E-state index contributed by atoms with van der Waals surface area (Å²) >= 11 is 2.98. The summed E-state index contributed by atoms with van der Waals surface area (Å²) in [6, 6.07) is 7.97. The van der Waals surface area contributed by atoms with Crippen LogP contribution in [0.4, 0.5) is 5.69 Å². The minimum atomic E-state index is 0.140. The fraction of sp³-hybridized carbons (Fsp3) is 0.400. The Labute approximate surface area is 132 Å². The molecule has 1 aliphatic heterocycles. The number of aryl methyl sites for hydroxylation is 1. The summed E-state index contributed by atoms with van der Waals surface area (Å²) < 4.78 is 0.856. The molecule has 3 rings (SSSR count). The van der Waals surface area contributed by atoms with E-state index in [1.165, 1.54) is 41.6 Å². The predicted molar refractivity (Wildman–Crippen MR) is 87.6 cm³/mol. The van der Waals surface area contributed by atoms with Gasteiger partial charge in [0.05, 0.1) is 5.75 Å². The molecule has 110 valence electrons. The monoisotopic (exact) mass is 319 g/mol. The van der Waals surface area contributed by atoms with E-state index in [1.807, 2.05) is 19.1 Å². The SMILES string of the molecule is Cc1nnc(SCC(=O)c2ccc(N3CCCC3)cc2)s1. The summed E-state index contributed by atoms with van der Waals surface area (Å²) in [4.78, 5) is 14.5. The first kappa shape index (κ1) is 14.5. The lowest BCUT2D eigenvalue weighted by Gasteiger charge is -2.17. The molecule has 2 aromatic rings. The van der Waals surface area contributed by atoms with Crippen molar-refractivity contribution in [2.45, 2.75) is 24.1 Å². The molecule has 0 N–H and O–H groups in total. The molecule has 0 atom stereocenters. The number of hydrogen-bond donors (Lipinski definition) is 0. The molecule has 6 heteroatoms. The summed E-state index contributed by atoms with van der Waals surface area (Å²) in [6.07, 6.45) is 2.52. The zero-order valence-corrected chi connectivity index (χ0v) is 13.5. The number of rotatable bonds is 5. The molecule has 1 aliphatic rings. The summed E-state index contributed by atoms with van der Waals surface area (Å²) in [5, 5.41) is 8.90. The van der Waals surface area contributed by atoms with E-state index in [9.17, 15) is 4.79 Å². The molecule has 4 nitrogen and oxygen atoms in total. The molecular formula is C15H17N3OS2. The van der Waals surface area contributed by atoms with Crippen LogP contribution in [0.25, 0.3) is 0 Å². The standard InChI is InChI=1S/C15H17N3OS2/c1-11-16-17-15(21-11)20-10-14(19)12-4-6-13(7-5-12)18-8-2-3-9-18/h4-7H,2-3,8-10H2,1H3. The molecule has 1 fully saturated rings. The van der Waals surface area contributed by atoms with E-state index in [1.54, 1.807) is 0 Å². The van der Waals surface area contributed by atoms with Gasteiger partial charge in [-0.3, -0.25) is 4.79 Å². The van der Waals surface area contributed by atoms with Crippen LogP contribution in [-0.4, -0.2) is 34.8 Å². The molecule has 1 aromatic carbocycles. The molecule has 0 bridgehead atoms. The van der Waals surface area contributed by atoms with Crippen molar-refractivity contribution in [3.8, 4) is 0 Å². The zero-order valence-electron chi connectivity index (χ0n) is 11.9. The number of hydrogen-bond acceptors (Lipinski definition) is 6. The number of thioether (sulfide) groups is 1. The molecule has 1 saturated heterocycles. The van der Waals surface area contributed by atoms with Crippen molar-refractivity contribution in [2.75, 3.05) is 23.7 Å². The van der Waals surface area contributed by atoms with Crippen molar-refractivity contribution in [1.29, 1.82) is 0 Å². The minimum Gasteiger partial charge on any atom is -0.372 e. The highest BCUT2D eigenvalue weighted by molar-refractivity contribution is 8.01. The van der Waals surface area contributed by atoms with Crippen molar-refractivity contribution in [3.63, 3.8) is 0 Å². The molecular weight excluding hydrogens is 302 g/mol. The number of Topliss-reactive ketones (excluding diaryl/α,β-unsaturated/α-hetero) is 1. The number of carbonyl (C=O) groups excluding carboxylic acids is 1.